The molecule has 0 saturated heterocycles. The molecule has 0 radical (unpaired) electrons. The van der Waals surface area contributed by atoms with Gasteiger partial charge in [0.2, 0.25) is 0 Å². The van der Waals surface area contributed by atoms with E-state index in [1.165, 1.54) is 0 Å². The first-order valence-electron chi connectivity index (χ1n) is 12.3. The van der Waals surface area contributed by atoms with Gasteiger partial charge in [-0.1, -0.05) is 13.8 Å². The number of aliphatic hydroxyl groups is 1. The molecule has 0 spiro atoms. The van der Waals surface area contributed by atoms with E-state index >= 15 is 0 Å². The first kappa shape index (κ1) is 23.5. The SMILES string of the molecule is CC(C)OC(=O)[C@@H]1C[C@@H]2[C@H](CC[C@@]3(C)[C@H]2CC[C@@]3(O)CCC(=O)O)[C@@]2(C)CCC(=O)C=C12. The van der Waals surface area contributed by atoms with Crippen molar-refractivity contribution in [2.24, 2.45) is 34.5 Å². The lowest BCUT2D eigenvalue weighted by Crippen LogP contribution is -2.57. The second-order valence-corrected chi connectivity index (χ2v) is 11.6. The number of carbonyl (C=O) groups excluding carboxylic acids is 2. The van der Waals surface area contributed by atoms with Crippen molar-refractivity contribution in [1.82, 2.24) is 0 Å². The smallest absolute Gasteiger partial charge is 0.313 e. The van der Waals surface area contributed by atoms with Crippen molar-refractivity contribution in [3.05, 3.63) is 11.6 Å². The van der Waals surface area contributed by atoms with Crippen molar-refractivity contribution >= 4 is 17.7 Å². The second kappa shape index (κ2) is 7.96. The summed E-state index contributed by atoms with van der Waals surface area (Å²) in [5.74, 6) is -0.562. The molecule has 3 fully saturated rings. The Bertz CT molecular complexity index is 845. The number of aliphatic carboxylic acids is 1. The zero-order valence-electron chi connectivity index (χ0n) is 19.9. The van der Waals surface area contributed by atoms with Crippen molar-refractivity contribution in [2.45, 2.75) is 97.2 Å². The number of carbonyl (C=O) groups is 3. The second-order valence-electron chi connectivity index (χ2n) is 11.6. The van der Waals surface area contributed by atoms with Crippen LogP contribution < -0.4 is 0 Å². The maximum atomic E-state index is 13.2. The molecule has 3 saturated carbocycles. The largest absolute Gasteiger partial charge is 0.481 e. The summed E-state index contributed by atoms with van der Waals surface area (Å²) >= 11 is 0. The molecule has 0 amide bonds. The van der Waals surface area contributed by atoms with Gasteiger partial charge in [0.15, 0.2) is 5.78 Å². The van der Waals surface area contributed by atoms with Gasteiger partial charge in [0.05, 0.1) is 17.6 Å². The van der Waals surface area contributed by atoms with Crippen LogP contribution >= 0.6 is 0 Å². The number of hydrogen-bond donors (Lipinski definition) is 2. The first-order chi connectivity index (χ1) is 14.9. The number of rotatable bonds is 5. The first-order valence-corrected chi connectivity index (χ1v) is 12.3. The molecule has 2 N–H and O–H groups in total. The fraction of sp³-hybridized carbons (Fsp3) is 0.808. The fourth-order valence-corrected chi connectivity index (χ4v) is 8.01. The van der Waals surface area contributed by atoms with Crippen LogP contribution in [-0.2, 0) is 19.1 Å². The van der Waals surface area contributed by atoms with E-state index in [2.05, 4.69) is 13.8 Å². The quantitative estimate of drug-likeness (QED) is 0.611. The van der Waals surface area contributed by atoms with Gasteiger partial charge in [-0.2, -0.15) is 0 Å². The Kier molecular flexibility index (Phi) is 5.84. The lowest BCUT2D eigenvalue weighted by molar-refractivity contribution is -0.162. The van der Waals surface area contributed by atoms with Gasteiger partial charge in [-0.05, 0) is 99.0 Å². The molecule has 0 aliphatic heterocycles. The molecule has 0 aromatic rings. The predicted octanol–water partition coefficient (Wildman–Crippen LogP) is 4.29. The zero-order chi connectivity index (χ0) is 23.5. The Hall–Kier alpha value is -1.69. The number of carboxylic acid groups (broad SMARTS) is 1. The summed E-state index contributed by atoms with van der Waals surface area (Å²) in [4.78, 5) is 36.7. The van der Waals surface area contributed by atoms with Gasteiger partial charge in [0.1, 0.15) is 0 Å². The average Bonchev–Trinajstić information content (AvgIpc) is 2.97. The Balaban J connectivity index is 1.69. The molecule has 178 valence electrons. The highest BCUT2D eigenvalue weighted by molar-refractivity contribution is 5.93. The maximum absolute atomic E-state index is 13.2. The van der Waals surface area contributed by atoms with Crippen LogP contribution in [0.1, 0.15) is 85.5 Å². The number of fused-ring (bicyclic) bond motifs is 5. The van der Waals surface area contributed by atoms with Crippen molar-refractivity contribution in [3.8, 4) is 0 Å². The van der Waals surface area contributed by atoms with Crippen molar-refractivity contribution in [2.75, 3.05) is 0 Å². The predicted molar refractivity (Wildman–Crippen MR) is 119 cm³/mol. The molecular formula is C26H38O6. The molecule has 7 atom stereocenters. The molecule has 4 aliphatic carbocycles. The van der Waals surface area contributed by atoms with E-state index in [9.17, 15) is 24.6 Å². The maximum Gasteiger partial charge on any atom is 0.313 e. The molecule has 0 bridgehead atoms. The van der Waals surface area contributed by atoms with Crippen LogP contribution in [0.4, 0.5) is 0 Å². The van der Waals surface area contributed by atoms with E-state index in [0.717, 1.165) is 31.3 Å². The molecule has 4 rings (SSSR count). The van der Waals surface area contributed by atoms with Gasteiger partial charge >= 0.3 is 11.9 Å². The van der Waals surface area contributed by atoms with Crippen LogP contribution in [0.25, 0.3) is 0 Å². The third kappa shape index (κ3) is 3.53. The summed E-state index contributed by atoms with van der Waals surface area (Å²) in [5.41, 5.74) is -0.573. The van der Waals surface area contributed by atoms with E-state index in [1.54, 1.807) is 6.08 Å². The van der Waals surface area contributed by atoms with E-state index in [4.69, 9.17) is 4.74 Å². The molecule has 0 aromatic heterocycles. The summed E-state index contributed by atoms with van der Waals surface area (Å²) < 4.78 is 5.64. The Morgan fingerprint density at radius 1 is 1.16 bits per heavy atom. The van der Waals surface area contributed by atoms with Crippen LogP contribution in [0.3, 0.4) is 0 Å². The molecule has 0 heterocycles. The minimum absolute atomic E-state index is 0.0248. The van der Waals surface area contributed by atoms with Crippen molar-refractivity contribution < 1.29 is 29.3 Å². The van der Waals surface area contributed by atoms with E-state index in [0.29, 0.717) is 25.2 Å². The minimum Gasteiger partial charge on any atom is -0.481 e. The van der Waals surface area contributed by atoms with Crippen LogP contribution in [-0.4, -0.2) is 39.6 Å². The van der Waals surface area contributed by atoms with Gasteiger partial charge in [-0.3, -0.25) is 14.4 Å². The zero-order valence-corrected chi connectivity index (χ0v) is 19.9. The van der Waals surface area contributed by atoms with Crippen molar-refractivity contribution in [3.63, 3.8) is 0 Å². The van der Waals surface area contributed by atoms with Crippen LogP contribution in [0.15, 0.2) is 11.6 Å². The molecule has 0 unspecified atom stereocenters. The van der Waals surface area contributed by atoms with Gasteiger partial charge in [0, 0.05) is 12.8 Å². The third-order valence-electron chi connectivity index (χ3n) is 9.72. The third-order valence-corrected chi connectivity index (χ3v) is 9.72. The highest BCUT2D eigenvalue weighted by Gasteiger charge is 2.65. The summed E-state index contributed by atoms with van der Waals surface area (Å²) in [7, 11) is 0. The average molecular weight is 447 g/mol. The van der Waals surface area contributed by atoms with E-state index < -0.39 is 17.5 Å². The van der Waals surface area contributed by atoms with E-state index in [1.807, 2.05) is 13.8 Å². The molecule has 4 aliphatic rings. The summed E-state index contributed by atoms with van der Waals surface area (Å²) in [6, 6.07) is 0. The van der Waals surface area contributed by atoms with Gasteiger partial charge in [-0.25, -0.2) is 0 Å². The van der Waals surface area contributed by atoms with Gasteiger partial charge < -0.3 is 14.9 Å². The molecule has 6 nitrogen and oxygen atoms in total. The highest BCUT2D eigenvalue weighted by atomic mass is 16.5. The Morgan fingerprint density at radius 2 is 1.84 bits per heavy atom. The number of esters is 1. The van der Waals surface area contributed by atoms with E-state index in [-0.39, 0.29) is 53.4 Å². The lowest BCUT2D eigenvalue weighted by Gasteiger charge is -2.60. The number of ether oxygens (including phenoxy) is 1. The minimum atomic E-state index is -0.978. The summed E-state index contributed by atoms with van der Waals surface area (Å²) in [6.07, 6.45) is 6.96. The van der Waals surface area contributed by atoms with Crippen LogP contribution in [0, 0.1) is 34.5 Å². The normalized spacial score (nSPS) is 43.2. The van der Waals surface area contributed by atoms with Gasteiger partial charge in [0.25, 0.3) is 0 Å². The summed E-state index contributed by atoms with van der Waals surface area (Å²) in [5, 5.41) is 20.8. The number of ketones is 1. The number of carboxylic acids is 1. The lowest BCUT2D eigenvalue weighted by atomic mass is 9.44. The van der Waals surface area contributed by atoms with Gasteiger partial charge in [-0.15, -0.1) is 0 Å². The molecular weight excluding hydrogens is 408 g/mol. The van der Waals surface area contributed by atoms with Crippen molar-refractivity contribution in [1.29, 1.82) is 0 Å². The summed E-state index contributed by atoms with van der Waals surface area (Å²) in [6.45, 7) is 8.06. The highest BCUT2D eigenvalue weighted by Crippen LogP contribution is 2.69. The number of hydrogen-bond acceptors (Lipinski definition) is 5. The molecule has 6 heteroatoms. The standard InChI is InChI=1S/C26H38O6/c1-15(2)32-23(30)18-14-17-19(24(3)9-5-16(27)13-21(18)24)6-10-25(4)20(17)7-11-26(25,31)12-8-22(28)29/h13,15,17-20,31H,5-12,14H2,1-4H3,(H,28,29)/t17-,18-,19+,20+,24-,25+,26-/m1/s1. The fourth-order valence-electron chi connectivity index (χ4n) is 8.01. The molecule has 32 heavy (non-hydrogen) atoms. The van der Waals surface area contributed by atoms with Crippen LogP contribution in [0.5, 0.6) is 0 Å². The van der Waals surface area contributed by atoms with Crippen LogP contribution in [0.2, 0.25) is 0 Å². The monoisotopic (exact) mass is 446 g/mol. The Morgan fingerprint density at radius 3 is 2.50 bits per heavy atom. The topological polar surface area (TPSA) is 101 Å². The molecule has 0 aromatic carbocycles. The Labute approximate surface area is 190 Å².